The Balaban J connectivity index is -0.000000224. The number of carbonyl (C=O) groups is 1. The number of hydrogen-bond acceptors (Lipinski definition) is 3. The number of ether oxygens (including phenoxy) is 1. The lowest BCUT2D eigenvalue weighted by Crippen LogP contribution is -2.15. The number of nitrogens with zero attached hydrogens (tertiary/aromatic N) is 1. The van der Waals surface area contributed by atoms with Crippen molar-refractivity contribution in [3.63, 3.8) is 0 Å². The zero-order valence-corrected chi connectivity index (χ0v) is 19.9. The van der Waals surface area contributed by atoms with Crippen molar-refractivity contribution in [1.82, 2.24) is 4.90 Å². The number of hydrogen-bond donors (Lipinski definition) is 0. The van der Waals surface area contributed by atoms with Crippen LogP contribution >= 0.6 is 0 Å². The van der Waals surface area contributed by atoms with Crippen molar-refractivity contribution in [3.05, 3.63) is 42.5 Å². The summed E-state index contributed by atoms with van der Waals surface area (Å²) in [6, 6.07) is 7.74. The Hall–Kier alpha value is -1.61. The average Bonchev–Trinajstić information content (AvgIpc) is 2.64. The van der Waals surface area contributed by atoms with E-state index in [0.717, 1.165) is 30.9 Å². The molecule has 1 aromatic carbocycles. The molecule has 3 nitrogen and oxygen atoms in total. The highest BCUT2D eigenvalue weighted by Gasteiger charge is 1.99. The maximum atomic E-state index is 10.9. The number of rotatable bonds is 7. The van der Waals surface area contributed by atoms with Crippen LogP contribution in [0.5, 0.6) is 5.75 Å². The highest BCUT2D eigenvalue weighted by Crippen LogP contribution is 2.13. The van der Waals surface area contributed by atoms with Crippen LogP contribution in [0.2, 0.25) is 0 Å². The van der Waals surface area contributed by atoms with Crippen LogP contribution in [-0.4, -0.2) is 37.9 Å². The lowest BCUT2D eigenvalue weighted by Gasteiger charge is -2.10. The largest absolute Gasteiger partial charge is 0.494 e. The van der Waals surface area contributed by atoms with Gasteiger partial charge in [0, 0.05) is 13.0 Å². The summed E-state index contributed by atoms with van der Waals surface area (Å²) >= 11 is 0. The molecule has 0 aromatic heterocycles. The normalized spacial score (nSPS) is 8.26. The fourth-order valence-corrected chi connectivity index (χ4v) is 1.56. The van der Waals surface area contributed by atoms with Crippen molar-refractivity contribution in [2.75, 3.05) is 27.2 Å². The Labute approximate surface area is 170 Å². The molecule has 0 bridgehead atoms. The molecule has 0 heterocycles. The number of Topliss-reactive ketones (excluding diaryl/α,β-unsaturated/α-hetero) is 1. The van der Waals surface area contributed by atoms with Gasteiger partial charge >= 0.3 is 0 Å². The maximum Gasteiger partial charge on any atom is 0.134 e. The van der Waals surface area contributed by atoms with E-state index in [-0.39, 0.29) is 5.78 Å². The van der Waals surface area contributed by atoms with Gasteiger partial charge < -0.3 is 9.64 Å². The highest BCUT2D eigenvalue weighted by atomic mass is 16.5. The van der Waals surface area contributed by atoms with Gasteiger partial charge in [-0.25, -0.2) is 0 Å². The quantitative estimate of drug-likeness (QED) is 0.384. The van der Waals surface area contributed by atoms with E-state index in [2.05, 4.69) is 39.4 Å². The predicted octanol–water partition coefficient (Wildman–Crippen LogP) is 6.81. The van der Waals surface area contributed by atoms with Crippen LogP contribution in [0, 0.1) is 0 Å². The minimum atomic E-state index is 0.185. The van der Waals surface area contributed by atoms with Gasteiger partial charge in [-0.1, -0.05) is 66.2 Å². The smallest absolute Gasteiger partial charge is 0.134 e. The van der Waals surface area contributed by atoms with Gasteiger partial charge in [0.05, 0.1) is 6.61 Å². The van der Waals surface area contributed by atoms with Gasteiger partial charge in [-0.05, 0) is 52.1 Å². The Bertz CT molecular complexity index is 397. The molecule has 1 aromatic rings. The second-order valence-electron chi connectivity index (χ2n) is 5.64. The van der Waals surface area contributed by atoms with Crippen molar-refractivity contribution >= 4 is 5.78 Å². The summed E-state index contributed by atoms with van der Waals surface area (Å²) in [5.74, 6) is 1.06. The van der Waals surface area contributed by atoms with E-state index in [1.165, 1.54) is 6.42 Å². The van der Waals surface area contributed by atoms with Crippen molar-refractivity contribution in [3.8, 4) is 5.75 Å². The molecule has 0 fully saturated rings. The summed E-state index contributed by atoms with van der Waals surface area (Å²) in [5, 5.41) is 0. The molecule has 27 heavy (non-hydrogen) atoms. The average molecular weight is 382 g/mol. The highest BCUT2D eigenvalue weighted by molar-refractivity contribution is 5.78. The Morgan fingerprint density at radius 2 is 1.48 bits per heavy atom. The van der Waals surface area contributed by atoms with Crippen molar-refractivity contribution in [2.24, 2.45) is 0 Å². The minimum absolute atomic E-state index is 0.185. The summed E-state index contributed by atoms with van der Waals surface area (Å²) in [6.45, 7) is 20.9. The van der Waals surface area contributed by atoms with Crippen molar-refractivity contribution in [2.45, 2.75) is 74.7 Å². The zero-order valence-electron chi connectivity index (χ0n) is 19.9. The molecule has 0 saturated carbocycles. The topological polar surface area (TPSA) is 29.5 Å². The first-order valence-corrected chi connectivity index (χ1v) is 10.3. The fraction of sp³-hybridized carbons (Fsp3) is 0.625. The minimum Gasteiger partial charge on any atom is -0.494 e. The van der Waals surface area contributed by atoms with Crippen LogP contribution in [0.1, 0.15) is 73.8 Å². The molecule has 0 aliphatic heterocycles. The Kier molecular flexibility index (Phi) is 35.7. The lowest BCUT2D eigenvalue weighted by molar-refractivity contribution is -0.116. The van der Waals surface area contributed by atoms with Crippen LogP contribution in [-0.2, 0) is 11.2 Å². The van der Waals surface area contributed by atoms with Gasteiger partial charge in [0.2, 0.25) is 0 Å². The van der Waals surface area contributed by atoms with Crippen LogP contribution in [0.25, 0.3) is 0 Å². The summed E-state index contributed by atoms with van der Waals surface area (Å²) in [4.78, 5) is 13.1. The molecule has 1 rings (SSSR count). The van der Waals surface area contributed by atoms with E-state index in [0.29, 0.717) is 6.42 Å². The molecule has 0 atom stereocenters. The van der Waals surface area contributed by atoms with Gasteiger partial charge in [-0.3, -0.25) is 4.79 Å². The van der Waals surface area contributed by atoms with E-state index < -0.39 is 0 Å². The van der Waals surface area contributed by atoms with E-state index in [1.54, 1.807) is 13.0 Å². The van der Waals surface area contributed by atoms with Crippen LogP contribution in [0.15, 0.2) is 36.9 Å². The summed E-state index contributed by atoms with van der Waals surface area (Å²) in [7, 11) is 4.10. The second-order valence-corrected chi connectivity index (χ2v) is 5.64. The van der Waals surface area contributed by atoms with Gasteiger partial charge in [0.25, 0.3) is 0 Å². The third-order valence-electron chi connectivity index (χ3n) is 2.39. The molecule has 0 N–H and O–H groups in total. The summed E-state index contributed by atoms with van der Waals surface area (Å²) < 4.78 is 5.60. The molecule has 0 spiro atoms. The van der Waals surface area contributed by atoms with E-state index in [9.17, 15) is 4.79 Å². The standard InChI is InChI=1S/C14H21NO2.C3H8.C3H6.2C2H6/c1-12(16)11-13-5-7-14(8-6-13)17-10-4-9-15(2)3;2*1-3-2;2*1-2/h5-8H,4,9-11H2,1-3H3;3H2,1-2H3;3H,1H2,2H3;2*1-2H3. The van der Waals surface area contributed by atoms with Crippen molar-refractivity contribution < 1.29 is 9.53 Å². The molecule has 0 amide bonds. The first kappa shape index (κ1) is 33.0. The van der Waals surface area contributed by atoms with Gasteiger partial charge in [0.15, 0.2) is 0 Å². The van der Waals surface area contributed by atoms with E-state index in [1.807, 2.05) is 58.9 Å². The van der Waals surface area contributed by atoms with E-state index in [4.69, 9.17) is 4.74 Å². The molecule has 160 valence electrons. The first-order chi connectivity index (χ1) is 12.9. The molecule has 0 aliphatic rings. The summed E-state index contributed by atoms with van der Waals surface area (Å²) in [5.41, 5.74) is 1.04. The number of ketones is 1. The second kappa shape index (κ2) is 29.2. The van der Waals surface area contributed by atoms with Gasteiger partial charge in [-0.2, -0.15) is 0 Å². The Morgan fingerprint density at radius 1 is 1.07 bits per heavy atom. The number of carbonyl (C=O) groups excluding carboxylic acids is 1. The number of benzene rings is 1. The molecule has 0 radical (unpaired) electrons. The molecular formula is C24H47NO2. The maximum absolute atomic E-state index is 10.9. The van der Waals surface area contributed by atoms with Crippen LogP contribution in [0.4, 0.5) is 0 Å². The van der Waals surface area contributed by atoms with Crippen LogP contribution in [0.3, 0.4) is 0 Å². The van der Waals surface area contributed by atoms with Gasteiger partial charge in [-0.15, -0.1) is 6.58 Å². The summed E-state index contributed by atoms with van der Waals surface area (Å²) in [6.07, 6.45) is 4.52. The zero-order chi connectivity index (χ0) is 22.1. The monoisotopic (exact) mass is 381 g/mol. The molecule has 3 heteroatoms. The van der Waals surface area contributed by atoms with Crippen molar-refractivity contribution in [1.29, 1.82) is 0 Å². The molecular weight excluding hydrogens is 334 g/mol. The molecule has 0 saturated heterocycles. The van der Waals surface area contributed by atoms with E-state index >= 15 is 0 Å². The fourth-order valence-electron chi connectivity index (χ4n) is 1.56. The SMILES string of the molecule is C=CC.CC.CC.CC(=O)Cc1ccc(OCCCN(C)C)cc1.CCC. The first-order valence-electron chi connectivity index (χ1n) is 10.3. The third kappa shape index (κ3) is 32.5. The van der Waals surface area contributed by atoms with Crippen LogP contribution < -0.4 is 4.74 Å². The van der Waals surface area contributed by atoms with Gasteiger partial charge in [0.1, 0.15) is 11.5 Å². The molecule has 0 unspecified atom stereocenters. The predicted molar refractivity (Wildman–Crippen MR) is 124 cm³/mol. The molecule has 0 aliphatic carbocycles. The third-order valence-corrected chi connectivity index (χ3v) is 2.39. The Morgan fingerprint density at radius 3 is 1.81 bits per heavy atom. The lowest BCUT2D eigenvalue weighted by atomic mass is 10.1. The number of allylic oxidation sites excluding steroid dienone is 1.